The molecule has 0 aliphatic carbocycles. The molecule has 16 heavy (non-hydrogen) atoms. The highest BCUT2D eigenvalue weighted by Crippen LogP contribution is 2.32. The maximum absolute atomic E-state index is 12.0. The third-order valence-electron chi connectivity index (χ3n) is 2.76. The lowest BCUT2D eigenvalue weighted by Crippen LogP contribution is -2.37. The molecule has 0 bridgehead atoms. The van der Waals surface area contributed by atoms with Gasteiger partial charge in [0.1, 0.15) is 5.60 Å². The van der Waals surface area contributed by atoms with Crippen molar-refractivity contribution in [3.8, 4) is 0 Å². The molecule has 0 heterocycles. The predicted molar refractivity (Wildman–Crippen MR) is 68.3 cm³/mol. The Kier molecular flexibility index (Phi) is 4.61. The number of rotatable bonds is 4. The first-order valence-corrected chi connectivity index (χ1v) is 6.13. The van der Waals surface area contributed by atoms with E-state index in [0.29, 0.717) is 0 Å². The summed E-state index contributed by atoms with van der Waals surface area (Å²) in [6.07, 6.45) is 1.67. The van der Waals surface area contributed by atoms with Gasteiger partial charge in [-0.15, -0.1) is 0 Å². The minimum absolute atomic E-state index is 0.0933. The normalized spacial score (nSPS) is 13.8. The van der Waals surface area contributed by atoms with E-state index in [1.54, 1.807) is 0 Å². The fourth-order valence-electron chi connectivity index (χ4n) is 1.85. The van der Waals surface area contributed by atoms with E-state index in [1.807, 2.05) is 34.6 Å². The SMILES string of the molecule is CCC(C)(C)C(=O)OC(C)(C)CC(C)(C)C. The van der Waals surface area contributed by atoms with Gasteiger partial charge in [0.15, 0.2) is 0 Å². The minimum atomic E-state index is -0.387. The summed E-state index contributed by atoms with van der Waals surface area (Å²) in [6.45, 7) is 16.3. The van der Waals surface area contributed by atoms with E-state index >= 15 is 0 Å². The molecule has 0 atom stereocenters. The first-order chi connectivity index (χ1) is 6.90. The lowest BCUT2D eigenvalue weighted by atomic mass is 9.83. The van der Waals surface area contributed by atoms with Gasteiger partial charge in [0, 0.05) is 0 Å². The summed E-state index contributed by atoms with van der Waals surface area (Å²) in [7, 11) is 0. The molecule has 0 rings (SSSR count). The molecular formula is C14H28O2. The number of ether oxygens (including phenoxy) is 1. The molecule has 0 unspecified atom stereocenters. The molecule has 0 aliphatic rings. The summed E-state index contributed by atoms with van der Waals surface area (Å²) >= 11 is 0. The third-order valence-corrected chi connectivity index (χ3v) is 2.76. The van der Waals surface area contributed by atoms with Gasteiger partial charge in [0.25, 0.3) is 0 Å². The molecule has 0 aliphatic heterocycles. The van der Waals surface area contributed by atoms with Crippen molar-refractivity contribution in [1.29, 1.82) is 0 Å². The quantitative estimate of drug-likeness (QED) is 0.675. The van der Waals surface area contributed by atoms with Gasteiger partial charge in [-0.1, -0.05) is 27.7 Å². The van der Waals surface area contributed by atoms with Crippen molar-refractivity contribution < 1.29 is 9.53 Å². The van der Waals surface area contributed by atoms with Gasteiger partial charge < -0.3 is 4.74 Å². The van der Waals surface area contributed by atoms with Gasteiger partial charge in [-0.25, -0.2) is 0 Å². The Labute approximate surface area is 101 Å². The Morgan fingerprint density at radius 3 is 1.75 bits per heavy atom. The zero-order chi connectivity index (χ0) is 13.2. The van der Waals surface area contributed by atoms with E-state index in [9.17, 15) is 4.79 Å². The van der Waals surface area contributed by atoms with Crippen LogP contribution in [0.5, 0.6) is 0 Å². The van der Waals surface area contributed by atoms with Crippen molar-refractivity contribution in [2.75, 3.05) is 0 Å². The van der Waals surface area contributed by atoms with Crippen LogP contribution in [0.2, 0.25) is 0 Å². The summed E-state index contributed by atoms with van der Waals surface area (Å²) in [5.74, 6) is -0.0933. The molecule has 0 aromatic rings. The zero-order valence-corrected chi connectivity index (χ0v) is 12.2. The van der Waals surface area contributed by atoms with Crippen LogP contribution in [-0.2, 0) is 9.53 Å². The fourth-order valence-corrected chi connectivity index (χ4v) is 1.85. The highest BCUT2D eigenvalue weighted by molar-refractivity contribution is 5.76. The molecule has 2 nitrogen and oxygen atoms in total. The maximum atomic E-state index is 12.0. The van der Waals surface area contributed by atoms with Crippen molar-refractivity contribution in [3.63, 3.8) is 0 Å². The van der Waals surface area contributed by atoms with Crippen LogP contribution in [0.15, 0.2) is 0 Å². The highest BCUT2D eigenvalue weighted by atomic mass is 16.6. The standard InChI is InChI=1S/C14H28O2/c1-9-13(5,6)11(15)16-14(7,8)10-12(2,3)4/h9-10H2,1-8H3. The average molecular weight is 228 g/mol. The molecule has 0 saturated heterocycles. The van der Waals surface area contributed by atoms with E-state index in [4.69, 9.17) is 4.74 Å². The highest BCUT2D eigenvalue weighted by Gasteiger charge is 2.34. The van der Waals surface area contributed by atoms with Gasteiger partial charge >= 0.3 is 5.97 Å². The molecule has 0 aromatic heterocycles. The summed E-state index contributed by atoms with van der Waals surface area (Å²) in [5.41, 5.74) is -0.600. The van der Waals surface area contributed by atoms with Crippen LogP contribution in [0, 0.1) is 10.8 Å². The monoisotopic (exact) mass is 228 g/mol. The van der Waals surface area contributed by atoms with Crippen LogP contribution >= 0.6 is 0 Å². The molecule has 2 heteroatoms. The van der Waals surface area contributed by atoms with Gasteiger partial charge in [0.2, 0.25) is 0 Å². The maximum Gasteiger partial charge on any atom is 0.312 e. The van der Waals surface area contributed by atoms with Crippen LogP contribution in [0.1, 0.15) is 68.2 Å². The van der Waals surface area contributed by atoms with Gasteiger partial charge in [0.05, 0.1) is 5.41 Å². The summed E-state index contributed by atoms with van der Waals surface area (Å²) in [6, 6.07) is 0. The topological polar surface area (TPSA) is 26.3 Å². The lowest BCUT2D eigenvalue weighted by Gasteiger charge is -2.34. The molecule has 96 valence electrons. The van der Waals surface area contributed by atoms with E-state index in [1.165, 1.54) is 0 Å². The summed E-state index contributed by atoms with van der Waals surface area (Å²) in [5, 5.41) is 0. The largest absolute Gasteiger partial charge is 0.459 e. The Bertz CT molecular complexity index is 244. The predicted octanol–water partition coefficient (Wildman–Crippen LogP) is 4.18. The molecule has 0 fully saturated rings. The zero-order valence-electron chi connectivity index (χ0n) is 12.2. The lowest BCUT2D eigenvalue weighted by molar-refractivity contribution is -0.169. The molecular weight excluding hydrogens is 200 g/mol. The second kappa shape index (κ2) is 4.77. The summed E-state index contributed by atoms with van der Waals surface area (Å²) < 4.78 is 5.63. The van der Waals surface area contributed by atoms with Crippen LogP contribution in [0.4, 0.5) is 0 Å². The van der Waals surface area contributed by atoms with E-state index in [0.717, 1.165) is 12.8 Å². The average Bonchev–Trinajstić information content (AvgIpc) is 1.98. The Morgan fingerprint density at radius 2 is 1.44 bits per heavy atom. The number of hydrogen-bond acceptors (Lipinski definition) is 2. The number of carbonyl (C=O) groups is 1. The minimum Gasteiger partial charge on any atom is -0.459 e. The van der Waals surface area contributed by atoms with E-state index < -0.39 is 0 Å². The van der Waals surface area contributed by atoms with E-state index in [-0.39, 0.29) is 22.4 Å². The number of esters is 1. The molecule has 0 spiro atoms. The van der Waals surface area contributed by atoms with Crippen LogP contribution in [0.25, 0.3) is 0 Å². The van der Waals surface area contributed by atoms with E-state index in [2.05, 4.69) is 20.8 Å². The first kappa shape index (κ1) is 15.5. The van der Waals surface area contributed by atoms with Crippen molar-refractivity contribution >= 4 is 5.97 Å². The molecule has 0 saturated carbocycles. The fraction of sp³-hybridized carbons (Fsp3) is 0.929. The summed E-state index contributed by atoms with van der Waals surface area (Å²) in [4.78, 5) is 12.0. The third kappa shape index (κ3) is 5.53. The second-order valence-corrected chi connectivity index (χ2v) is 7.12. The molecule has 0 amide bonds. The Balaban J connectivity index is 4.55. The molecule has 0 aromatic carbocycles. The Morgan fingerprint density at radius 1 is 1.00 bits per heavy atom. The van der Waals surface area contributed by atoms with Crippen molar-refractivity contribution in [2.24, 2.45) is 10.8 Å². The second-order valence-electron chi connectivity index (χ2n) is 7.12. The van der Waals surface area contributed by atoms with Crippen LogP contribution < -0.4 is 0 Å². The van der Waals surface area contributed by atoms with Gasteiger partial charge in [-0.05, 0) is 46.0 Å². The van der Waals surface area contributed by atoms with Gasteiger partial charge in [-0.2, -0.15) is 0 Å². The first-order valence-electron chi connectivity index (χ1n) is 6.13. The van der Waals surface area contributed by atoms with Gasteiger partial charge in [-0.3, -0.25) is 4.79 Å². The van der Waals surface area contributed by atoms with Crippen LogP contribution in [-0.4, -0.2) is 11.6 Å². The Hall–Kier alpha value is -0.530. The molecule has 0 radical (unpaired) electrons. The van der Waals surface area contributed by atoms with Crippen LogP contribution in [0.3, 0.4) is 0 Å². The van der Waals surface area contributed by atoms with Crippen molar-refractivity contribution in [3.05, 3.63) is 0 Å². The molecule has 0 N–H and O–H groups in total. The smallest absolute Gasteiger partial charge is 0.312 e. The van der Waals surface area contributed by atoms with Crippen molar-refractivity contribution in [2.45, 2.75) is 73.8 Å². The number of hydrogen-bond donors (Lipinski definition) is 0. The van der Waals surface area contributed by atoms with Crippen molar-refractivity contribution in [1.82, 2.24) is 0 Å². The number of carbonyl (C=O) groups excluding carboxylic acids is 1.